The van der Waals surface area contributed by atoms with Gasteiger partial charge in [0.1, 0.15) is 11.8 Å². The summed E-state index contributed by atoms with van der Waals surface area (Å²) in [6.45, 7) is 4.46. The first-order valence-corrected chi connectivity index (χ1v) is 5.05. The quantitative estimate of drug-likeness (QED) is 0.740. The number of nitriles is 1. The summed E-state index contributed by atoms with van der Waals surface area (Å²) in [5, 5.41) is 17.5. The fourth-order valence-electron chi connectivity index (χ4n) is 1.45. The van der Waals surface area contributed by atoms with E-state index in [2.05, 4.69) is 11.6 Å². The number of carboxylic acids is 1. The zero-order valence-corrected chi connectivity index (χ0v) is 9.33. The second kappa shape index (κ2) is 6.40. The number of carbonyl (C=O) groups is 1. The third-order valence-electron chi connectivity index (χ3n) is 2.09. The Kier molecular flexibility index (Phi) is 4.85. The standard InChI is InChI=1S/C12H13N3O2/c1-2-5-15(9-12(16)17)8-10-3-4-14-11(6-10)7-13/h2-4,6H,1,5,8-9H2,(H,16,17). The molecule has 0 saturated heterocycles. The van der Waals surface area contributed by atoms with Crippen molar-refractivity contribution in [3.05, 3.63) is 42.2 Å². The van der Waals surface area contributed by atoms with Crippen molar-refractivity contribution < 1.29 is 9.90 Å². The average molecular weight is 231 g/mol. The second-order valence-corrected chi connectivity index (χ2v) is 3.51. The normalized spacial score (nSPS) is 9.88. The predicted octanol–water partition coefficient (Wildman–Crippen LogP) is 1.03. The van der Waals surface area contributed by atoms with Crippen molar-refractivity contribution in [2.24, 2.45) is 0 Å². The number of hydrogen-bond acceptors (Lipinski definition) is 4. The van der Waals surface area contributed by atoms with E-state index in [0.29, 0.717) is 18.8 Å². The van der Waals surface area contributed by atoms with Crippen LogP contribution in [0.3, 0.4) is 0 Å². The van der Waals surface area contributed by atoms with Crippen LogP contribution in [0.15, 0.2) is 31.0 Å². The minimum Gasteiger partial charge on any atom is -0.480 e. The minimum atomic E-state index is -0.888. The molecule has 17 heavy (non-hydrogen) atoms. The molecule has 88 valence electrons. The van der Waals surface area contributed by atoms with Crippen molar-refractivity contribution in [1.82, 2.24) is 9.88 Å². The van der Waals surface area contributed by atoms with Gasteiger partial charge in [0.15, 0.2) is 0 Å². The number of hydrogen-bond donors (Lipinski definition) is 1. The molecule has 0 saturated carbocycles. The van der Waals surface area contributed by atoms with E-state index in [1.165, 1.54) is 0 Å². The molecule has 5 heteroatoms. The van der Waals surface area contributed by atoms with Crippen molar-refractivity contribution in [3.8, 4) is 6.07 Å². The summed E-state index contributed by atoms with van der Waals surface area (Å²) in [5.41, 5.74) is 1.19. The van der Waals surface area contributed by atoms with Crippen LogP contribution in [-0.2, 0) is 11.3 Å². The van der Waals surface area contributed by atoms with Gasteiger partial charge in [-0.05, 0) is 17.7 Å². The SMILES string of the molecule is C=CCN(CC(=O)O)Cc1ccnc(C#N)c1. The van der Waals surface area contributed by atoms with Crippen LogP contribution < -0.4 is 0 Å². The van der Waals surface area contributed by atoms with E-state index in [9.17, 15) is 4.79 Å². The number of pyridine rings is 1. The topological polar surface area (TPSA) is 77.2 Å². The van der Waals surface area contributed by atoms with E-state index in [4.69, 9.17) is 10.4 Å². The molecule has 0 aliphatic heterocycles. The molecule has 1 heterocycles. The Morgan fingerprint density at radius 1 is 1.71 bits per heavy atom. The highest BCUT2D eigenvalue weighted by atomic mass is 16.4. The lowest BCUT2D eigenvalue weighted by Crippen LogP contribution is -2.29. The highest BCUT2D eigenvalue weighted by Gasteiger charge is 2.09. The van der Waals surface area contributed by atoms with E-state index in [0.717, 1.165) is 5.56 Å². The van der Waals surface area contributed by atoms with Crippen LogP contribution >= 0.6 is 0 Å². The lowest BCUT2D eigenvalue weighted by atomic mass is 10.2. The smallest absolute Gasteiger partial charge is 0.317 e. The van der Waals surface area contributed by atoms with Gasteiger partial charge in [-0.15, -0.1) is 6.58 Å². The van der Waals surface area contributed by atoms with Crippen molar-refractivity contribution in [2.75, 3.05) is 13.1 Å². The number of aromatic nitrogens is 1. The van der Waals surface area contributed by atoms with Gasteiger partial charge in [-0.25, -0.2) is 4.98 Å². The molecule has 0 unspecified atom stereocenters. The molecule has 0 spiro atoms. The summed E-state index contributed by atoms with van der Waals surface area (Å²) in [4.78, 5) is 16.2. The van der Waals surface area contributed by atoms with Crippen LogP contribution in [0.2, 0.25) is 0 Å². The number of nitrogens with zero attached hydrogens (tertiary/aromatic N) is 3. The summed E-state index contributed by atoms with van der Waals surface area (Å²) < 4.78 is 0. The van der Waals surface area contributed by atoms with Crippen molar-refractivity contribution >= 4 is 5.97 Å². The van der Waals surface area contributed by atoms with Crippen LogP contribution in [-0.4, -0.2) is 34.0 Å². The van der Waals surface area contributed by atoms with Gasteiger partial charge in [0.05, 0.1) is 6.54 Å². The summed E-state index contributed by atoms with van der Waals surface area (Å²) in [6.07, 6.45) is 3.19. The Hall–Kier alpha value is -2.19. The van der Waals surface area contributed by atoms with Gasteiger partial charge < -0.3 is 5.11 Å². The molecule has 0 amide bonds. The molecule has 1 aromatic heterocycles. The first-order chi connectivity index (χ1) is 8.15. The van der Waals surface area contributed by atoms with Gasteiger partial charge in [-0.3, -0.25) is 9.69 Å². The molecule has 1 rings (SSSR count). The Balaban J connectivity index is 2.74. The first-order valence-electron chi connectivity index (χ1n) is 5.05. The molecule has 0 aliphatic rings. The van der Waals surface area contributed by atoms with Gasteiger partial charge in [-0.1, -0.05) is 6.08 Å². The van der Waals surface area contributed by atoms with E-state index in [-0.39, 0.29) is 6.54 Å². The molecule has 0 aliphatic carbocycles. The second-order valence-electron chi connectivity index (χ2n) is 3.51. The van der Waals surface area contributed by atoms with Crippen LogP contribution in [0.5, 0.6) is 0 Å². The third-order valence-corrected chi connectivity index (χ3v) is 2.09. The maximum Gasteiger partial charge on any atom is 0.317 e. The van der Waals surface area contributed by atoms with Gasteiger partial charge in [-0.2, -0.15) is 5.26 Å². The molecule has 1 N–H and O–H groups in total. The van der Waals surface area contributed by atoms with Crippen LogP contribution in [0.25, 0.3) is 0 Å². The third kappa shape index (κ3) is 4.45. The molecule has 0 fully saturated rings. The zero-order chi connectivity index (χ0) is 12.7. The largest absolute Gasteiger partial charge is 0.480 e. The van der Waals surface area contributed by atoms with Crippen LogP contribution in [0.1, 0.15) is 11.3 Å². The predicted molar refractivity (Wildman–Crippen MR) is 62.1 cm³/mol. The molecule has 1 aromatic rings. The average Bonchev–Trinajstić information content (AvgIpc) is 2.29. The maximum absolute atomic E-state index is 10.7. The van der Waals surface area contributed by atoms with Crippen LogP contribution in [0, 0.1) is 11.3 Å². The molecule has 5 nitrogen and oxygen atoms in total. The fraction of sp³-hybridized carbons (Fsp3) is 0.250. The fourth-order valence-corrected chi connectivity index (χ4v) is 1.45. The van der Waals surface area contributed by atoms with E-state index >= 15 is 0 Å². The number of rotatable bonds is 6. The van der Waals surface area contributed by atoms with Crippen molar-refractivity contribution in [1.29, 1.82) is 5.26 Å². The zero-order valence-electron chi connectivity index (χ0n) is 9.33. The van der Waals surface area contributed by atoms with Crippen molar-refractivity contribution in [2.45, 2.75) is 6.54 Å². The monoisotopic (exact) mass is 231 g/mol. The van der Waals surface area contributed by atoms with E-state index < -0.39 is 5.97 Å². The molecule has 0 bridgehead atoms. The Labute approximate surface area is 99.6 Å². The minimum absolute atomic E-state index is 0.0593. The summed E-state index contributed by atoms with van der Waals surface area (Å²) in [6, 6.07) is 5.36. The van der Waals surface area contributed by atoms with E-state index in [1.807, 2.05) is 6.07 Å². The first kappa shape index (κ1) is 12.9. The number of aliphatic carboxylic acids is 1. The maximum atomic E-state index is 10.7. The molecule has 0 aromatic carbocycles. The number of carboxylic acid groups (broad SMARTS) is 1. The van der Waals surface area contributed by atoms with Crippen LogP contribution in [0.4, 0.5) is 0 Å². The Morgan fingerprint density at radius 3 is 3.06 bits per heavy atom. The molecular weight excluding hydrogens is 218 g/mol. The van der Waals surface area contributed by atoms with Crippen molar-refractivity contribution in [3.63, 3.8) is 0 Å². The van der Waals surface area contributed by atoms with E-state index in [1.54, 1.807) is 29.3 Å². The highest BCUT2D eigenvalue weighted by Crippen LogP contribution is 2.05. The highest BCUT2D eigenvalue weighted by molar-refractivity contribution is 5.69. The van der Waals surface area contributed by atoms with Gasteiger partial charge in [0, 0.05) is 19.3 Å². The summed E-state index contributed by atoms with van der Waals surface area (Å²) >= 11 is 0. The molecular formula is C12H13N3O2. The summed E-state index contributed by atoms with van der Waals surface area (Å²) in [5.74, 6) is -0.888. The molecule has 0 atom stereocenters. The summed E-state index contributed by atoms with van der Waals surface area (Å²) in [7, 11) is 0. The lowest BCUT2D eigenvalue weighted by molar-refractivity contribution is -0.138. The Morgan fingerprint density at radius 2 is 2.47 bits per heavy atom. The lowest BCUT2D eigenvalue weighted by Gasteiger charge is -2.18. The van der Waals surface area contributed by atoms with Gasteiger partial charge in [0.2, 0.25) is 0 Å². The Bertz CT molecular complexity index is 451. The molecule has 0 radical (unpaired) electrons. The van der Waals surface area contributed by atoms with Gasteiger partial charge in [0.25, 0.3) is 0 Å². The van der Waals surface area contributed by atoms with Gasteiger partial charge >= 0.3 is 5.97 Å².